The minimum Gasteiger partial charge on any atom is -0.439 e. The van der Waals surface area contributed by atoms with Crippen molar-refractivity contribution in [1.29, 1.82) is 0 Å². The highest BCUT2D eigenvalue weighted by Crippen LogP contribution is 2.66. The number of hydrogen-bond acceptors (Lipinski definition) is 6. The molecule has 0 aliphatic carbocycles. The summed E-state index contributed by atoms with van der Waals surface area (Å²) in [5.74, 6) is 1.47. The number of para-hydroxylation sites is 2. The predicted octanol–water partition coefficient (Wildman–Crippen LogP) is 7.26. The fourth-order valence-corrected chi connectivity index (χ4v) is 9.05. The molecule has 0 amide bonds. The normalized spacial score (nSPS) is 10.5. The van der Waals surface area contributed by atoms with Crippen molar-refractivity contribution in [3.05, 3.63) is 59.7 Å². The van der Waals surface area contributed by atoms with Gasteiger partial charge in [-0.25, -0.2) is 0 Å². The fourth-order valence-electron chi connectivity index (χ4n) is 1.69. The summed E-state index contributed by atoms with van der Waals surface area (Å²) in [7, 11) is 0. The van der Waals surface area contributed by atoms with Gasteiger partial charge in [0, 0.05) is 0 Å². The summed E-state index contributed by atoms with van der Waals surface area (Å²) in [5.41, 5.74) is 0.940. The molecule has 2 nitrogen and oxygen atoms in total. The van der Waals surface area contributed by atoms with Gasteiger partial charge in [0.1, 0.15) is 17.2 Å². The topological polar surface area (TPSA) is 18.5 Å². The van der Waals surface area contributed by atoms with E-state index in [0.717, 1.165) is 22.6 Å². The lowest BCUT2D eigenvalue weighted by Crippen LogP contribution is -2.01. The van der Waals surface area contributed by atoms with Crippen LogP contribution in [0.4, 0.5) is 0 Å². The van der Waals surface area contributed by atoms with Gasteiger partial charge in [0.2, 0.25) is 8.77 Å². The maximum absolute atomic E-state index is 6.34. The van der Waals surface area contributed by atoms with Crippen LogP contribution in [-0.4, -0.2) is 8.77 Å². The van der Waals surface area contributed by atoms with Crippen molar-refractivity contribution < 1.29 is 9.47 Å². The summed E-state index contributed by atoms with van der Waals surface area (Å²) < 4.78 is 12.1. The van der Waals surface area contributed by atoms with Gasteiger partial charge in [-0.2, -0.15) is 0 Å². The van der Waals surface area contributed by atoms with E-state index in [0.29, 0.717) is 8.77 Å². The van der Waals surface area contributed by atoms with Crippen molar-refractivity contribution >= 4 is 72.9 Å². The Labute approximate surface area is 166 Å². The average molecular weight is 433 g/mol. The lowest BCUT2D eigenvalue weighted by Gasteiger charge is -2.13. The number of rotatable bonds is 4. The number of hydrogen-bond donors (Lipinski definition) is 0. The van der Waals surface area contributed by atoms with Crippen molar-refractivity contribution in [2.75, 3.05) is 0 Å². The summed E-state index contributed by atoms with van der Waals surface area (Å²) in [6, 6.07) is 15.4. The standard InChI is InChI=1S/C16H14ClO2PS4/c1-11-7-3-5-9-13(11)18-15(21)23-20(17)24-16(22)19-14-10-6-4-8-12(14)2/h3-10H,1-2H3. The van der Waals surface area contributed by atoms with Gasteiger partial charge in [0.15, 0.2) is 0 Å². The Bertz CT molecular complexity index is 680. The maximum Gasteiger partial charge on any atom is 0.231 e. The van der Waals surface area contributed by atoms with Crippen LogP contribution in [0.2, 0.25) is 0 Å². The Balaban J connectivity index is 1.83. The molecule has 0 aliphatic heterocycles. The quantitative estimate of drug-likeness (QED) is 0.371. The molecule has 0 radical (unpaired) electrons. The SMILES string of the molecule is Cc1ccccc1OC(=S)SP(Cl)SC(=S)Oc1ccccc1C. The highest BCUT2D eigenvalue weighted by atomic mass is 35.7. The van der Waals surface area contributed by atoms with Crippen molar-refractivity contribution in [3.63, 3.8) is 0 Å². The highest BCUT2D eigenvalue weighted by molar-refractivity contribution is 9.01. The molecule has 0 atom stereocenters. The first-order chi connectivity index (χ1) is 11.5. The van der Waals surface area contributed by atoms with E-state index in [2.05, 4.69) is 0 Å². The lowest BCUT2D eigenvalue weighted by atomic mass is 10.2. The highest BCUT2D eigenvalue weighted by Gasteiger charge is 2.16. The number of aryl methyl sites for hydroxylation is 2. The van der Waals surface area contributed by atoms with E-state index in [9.17, 15) is 0 Å². The van der Waals surface area contributed by atoms with Gasteiger partial charge >= 0.3 is 0 Å². The number of halogens is 1. The van der Waals surface area contributed by atoms with E-state index in [1.807, 2.05) is 62.4 Å². The third kappa shape index (κ3) is 6.51. The number of benzene rings is 2. The molecule has 2 aromatic carbocycles. The van der Waals surface area contributed by atoms with Gasteiger partial charge in [-0.3, -0.25) is 0 Å². The van der Waals surface area contributed by atoms with Crippen LogP contribution in [0.1, 0.15) is 11.1 Å². The summed E-state index contributed by atoms with van der Waals surface area (Å²) in [6.07, 6.45) is 0. The van der Waals surface area contributed by atoms with Gasteiger partial charge in [-0.1, -0.05) is 47.6 Å². The Morgan fingerprint density at radius 1 is 0.833 bits per heavy atom. The summed E-state index contributed by atoms with van der Waals surface area (Å²) in [6.45, 7) is 3.93. The molecule has 0 aromatic heterocycles. The molecule has 0 saturated heterocycles. The Kier molecular flexibility index (Phi) is 8.28. The second kappa shape index (κ2) is 9.95. The van der Waals surface area contributed by atoms with Crippen molar-refractivity contribution in [2.24, 2.45) is 0 Å². The zero-order valence-electron chi connectivity index (χ0n) is 12.9. The summed E-state index contributed by atoms with van der Waals surface area (Å²) in [4.78, 5) is 0. The van der Waals surface area contributed by atoms with Gasteiger partial charge < -0.3 is 9.47 Å². The summed E-state index contributed by atoms with van der Waals surface area (Å²) in [5, 5.41) is 0. The molecule has 8 heteroatoms. The van der Waals surface area contributed by atoms with Crippen LogP contribution in [0.15, 0.2) is 48.5 Å². The monoisotopic (exact) mass is 432 g/mol. The Morgan fingerprint density at radius 3 is 1.58 bits per heavy atom. The number of thiocarbonyl (C=S) groups is 2. The minimum absolute atomic E-state index is 0.372. The van der Waals surface area contributed by atoms with Crippen LogP contribution in [-0.2, 0) is 0 Å². The first-order valence-corrected chi connectivity index (χ1v) is 12.7. The predicted molar refractivity (Wildman–Crippen MR) is 117 cm³/mol. The van der Waals surface area contributed by atoms with E-state index in [1.165, 1.54) is 22.8 Å². The van der Waals surface area contributed by atoms with Crippen molar-refractivity contribution in [2.45, 2.75) is 13.8 Å². The second-order valence-electron chi connectivity index (χ2n) is 4.63. The molecule has 2 rings (SSSR count). The van der Waals surface area contributed by atoms with E-state index >= 15 is 0 Å². The van der Waals surface area contributed by atoms with Crippen LogP contribution in [0.25, 0.3) is 0 Å². The van der Waals surface area contributed by atoms with Gasteiger partial charge in [-0.05, 0) is 84.3 Å². The van der Waals surface area contributed by atoms with Crippen LogP contribution in [0.5, 0.6) is 11.5 Å². The molecule has 0 fully saturated rings. The van der Waals surface area contributed by atoms with Gasteiger partial charge in [0.25, 0.3) is 0 Å². The zero-order chi connectivity index (χ0) is 17.5. The minimum atomic E-state index is -1.10. The fraction of sp³-hybridized carbons (Fsp3) is 0.125. The van der Waals surface area contributed by atoms with Gasteiger partial charge in [0.05, 0.1) is 0 Å². The van der Waals surface area contributed by atoms with E-state index in [4.69, 9.17) is 45.2 Å². The first-order valence-electron chi connectivity index (χ1n) is 6.82. The first kappa shape index (κ1) is 20.0. The molecule has 126 valence electrons. The molecule has 0 aliphatic rings. The zero-order valence-corrected chi connectivity index (χ0v) is 17.8. The molecule has 0 spiro atoms. The van der Waals surface area contributed by atoms with Crippen LogP contribution < -0.4 is 9.47 Å². The summed E-state index contributed by atoms with van der Waals surface area (Å²) >= 11 is 19.4. The van der Waals surface area contributed by atoms with Crippen LogP contribution >= 0.6 is 64.1 Å². The molecule has 0 heterocycles. The number of ether oxygens (including phenoxy) is 2. The van der Waals surface area contributed by atoms with Crippen LogP contribution in [0.3, 0.4) is 0 Å². The lowest BCUT2D eigenvalue weighted by molar-refractivity contribution is 0.574. The molecule has 2 aromatic rings. The van der Waals surface area contributed by atoms with Crippen molar-refractivity contribution in [3.8, 4) is 11.5 Å². The molecular weight excluding hydrogens is 419 g/mol. The smallest absolute Gasteiger partial charge is 0.231 e. The van der Waals surface area contributed by atoms with E-state index < -0.39 is 5.68 Å². The molecular formula is C16H14ClO2PS4. The molecule has 0 bridgehead atoms. The second-order valence-corrected chi connectivity index (χ2v) is 13.6. The van der Waals surface area contributed by atoms with E-state index in [-0.39, 0.29) is 0 Å². The van der Waals surface area contributed by atoms with Crippen LogP contribution in [0, 0.1) is 13.8 Å². The van der Waals surface area contributed by atoms with Crippen molar-refractivity contribution in [1.82, 2.24) is 0 Å². The molecule has 0 unspecified atom stereocenters. The molecule has 24 heavy (non-hydrogen) atoms. The molecule has 0 N–H and O–H groups in total. The molecule has 0 saturated carbocycles. The third-order valence-electron chi connectivity index (χ3n) is 2.87. The largest absolute Gasteiger partial charge is 0.439 e. The Morgan fingerprint density at radius 2 is 1.21 bits per heavy atom. The Hall–Kier alpha value is -0.360. The van der Waals surface area contributed by atoms with Gasteiger partial charge in [-0.15, -0.1) is 0 Å². The average Bonchev–Trinajstić information content (AvgIpc) is 2.51. The van der Waals surface area contributed by atoms with E-state index in [1.54, 1.807) is 0 Å². The maximum atomic E-state index is 6.34. The third-order valence-corrected chi connectivity index (χ3v) is 9.47.